The Morgan fingerprint density at radius 1 is 1.27 bits per heavy atom. The molecule has 3 rings (SSSR count). The Hall–Kier alpha value is -1.97. The van der Waals surface area contributed by atoms with Crippen molar-refractivity contribution in [1.29, 1.82) is 0 Å². The maximum absolute atomic E-state index is 11.2. The molecule has 3 N–H and O–H groups in total. The van der Waals surface area contributed by atoms with E-state index in [-0.39, 0.29) is 12.1 Å². The van der Waals surface area contributed by atoms with Crippen LogP contribution in [0.2, 0.25) is 0 Å². The third kappa shape index (κ3) is 1.26. The van der Waals surface area contributed by atoms with Crippen LogP contribution in [0.5, 0.6) is 0 Å². The predicted molar refractivity (Wildman–Crippen MR) is 57.0 cm³/mol. The molecule has 0 radical (unpaired) electrons. The average Bonchev–Trinajstić information content (AvgIpc) is 2.29. The van der Waals surface area contributed by atoms with Gasteiger partial charge in [0, 0.05) is 18.0 Å². The summed E-state index contributed by atoms with van der Waals surface area (Å²) in [7, 11) is 0. The highest BCUT2D eigenvalue weighted by Crippen LogP contribution is 2.03. The molecular formula is C11H11N3O. The van der Waals surface area contributed by atoms with Gasteiger partial charge in [-0.3, -0.25) is 0 Å². The lowest BCUT2D eigenvalue weighted by Crippen LogP contribution is -2.58. The van der Waals surface area contributed by atoms with Crippen LogP contribution in [-0.4, -0.2) is 18.6 Å². The van der Waals surface area contributed by atoms with Gasteiger partial charge in [-0.1, -0.05) is 24.3 Å². The van der Waals surface area contributed by atoms with Crippen LogP contribution < -0.4 is 26.4 Å². The molecule has 0 aromatic heterocycles. The molecule has 76 valence electrons. The second-order valence-corrected chi connectivity index (χ2v) is 3.70. The monoisotopic (exact) mass is 201 g/mol. The lowest BCUT2D eigenvalue weighted by Gasteiger charge is -2.29. The summed E-state index contributed by atoms with van der Waals surface area (Å²) in [4.78, 5) is 11.2. The highest BCUT2D eigenvalue weighted by atomic mass is 16.2. The Bertz CT molecular complexity index is 535. The Labute approximate surface area is 86.7 Å². The first-order valence-corrected chi connectivity index (χ1v) is 4.95. The van der Waals surface area contributed by atoms with E-state index in [1.165, 1.54) is 0 Å². The van der Waals surface area contributed by atoms with E-state index in [2.05, 4.69) is 16.0 Å². The zero-order valence-electron chi connectivity index (χ0n) is 8.08. The van der Waals surface area contributed by atoms with E-state index in [1.807, 2.05) is 30.5 Å². The number of carbonyl (C=O) groups excluding carboxylic acids is 1. The van der Waals surface area contributed by atoms with Crippen molar-refractivity contribution in [1.82, 2.24) is 16.0 Å². The largest absolute Gasteiger partial charge is 0.380 e. The minimum Gasteiger partial charge on any atom is -0.380 e. The zero-order valence-corrected chi connectivity index (χ0v) is 8.08. The molecule has 1 unspecified atom stereocenters. The average molecular weight is 201 g/mol. The van der Waals surface area contributed by atoms with Crippen molar-refractivity contribution in [2.75, 3.05) is 6.54 Å². The maximum atomic E-state index is 11.2. The summed E-state index contributed by atoms with van der Waals surface area (Å²) < 4.78 is 0. The molecule has 4 heteroatoms. The fourth-order valence-electron chi connectivity index (χ4n) is 2.01. The summed E-state index contributed by atoms with van der Waals surface area (Å²) in [5.41, 5.74) is 0.969. The molecule has 2 heterocycles. The molecular weight excluding hydrogens is 190 g/mol. The summed E-state index contributed by atoms with van der Waals surface area (Å²) >= 11 is 0. The van der Waals surface area contributed by atoms with Crippen molar-refractivity contribution < 1.29 is 4.79 Å². The van der Waals surface area contributed by atoms with Crippen molar-refractivity contribution in [3.05, 3.63) is 34.7 Å². The summed E-state index contributed by atoms with van der Waals surface area (Å²) in [5, 5.41) is 11.1. The summed E-state index contributed by atoms with van der Waals surface area (Å²) in [6, 6.07) is 8.06. The van der Waals surface area contributed by atoms with Crippen molar-refractivity contribution in [2.45, 2.75) is 6.04 Å². The molecule has 0 aliphatic carbocycles. The topological polar surface area (TPSA) is 53.2 Å². The molecule has 1 atom stereocenters. The van der Waals surface area contributed by atoms with E-state index in [0.717, 1.165) is 16.1 Å². The minimum absolute atomic E-state index is 0.125. The van der Waals surface area contributed by atoms with Gasteiger partial charge in [-0.2, -0.15) is 0 Å². The number of urea groups is 1. The van der Waals surface area contributed by atoms with Gasteiger partial charge in [0.1, 0.15) is 0 Å². The van der Waals surface area contributed by atoms with E-state index in [0.29, 0.717) is 6.54 Å². The molecule has 0 bridgehead atoms. The molecule has 1 aromatic carbocycles. The third-order valence-corrected chi connectivity index (χ3v) is 2.75. The molecule has 2 amide bonds. The fraction of sp³-hybridized carbons (Fsp3) is 0.182. The Morgan fingerprint density at radius 2 is 2.13 bits per heavy atom. The number of fused-ring (bicyclic) bond motifs is 2. The van der Waals surface area contributed by atoms with Crippen LogP contribution in [0.4, 0.5) is 4.79 Å². The lowest BCUT2D eigenvalue weighted by molar-refractivity contribution is 0.241. The molecule has 2 aliphatic heterocycles. The standard InChI is InChI=1S/C11H11N3O/c15-11-13-6-9-10(14-11)8-4-2-1-3-7(8)5-12-9/h1-5,9,12H,6H2,(H2,13,14,15). The van der Waals surface area contributed by atoms with Gasteiger partial charge < -0.3 is 16.0 Å². The van der Waals surface area contributed by atoms with Gasteiger partial charge in [-0.05, 0) is 5.22 Å². The van der Waals surface area contributed by atoms with Crippen molar-refractivity contribution >= 4 is 17.9 Å². The second-order valence-electron chi connectivity index (χ2n) is 3.70. The Morgan fingerprint density at radius 3 is 3.07 bits per heavy atom. The quantitative estimate of drug-likeness (QED) is 0.495. The number of carbonyl (C=O) groups is 1. The summed E-state index contributed by atoms with van der Waals surface area (Å²) in [6.45, 7) is 0.631. The molecule has 0 spiro atoms. The van der Waals surface area contributed by atoms with Gasteiger partial charge in [0.15, 0.2) is 0 Å². The number of nitrogens with one attached hydrogen (secondary N) is 3. The van der Waals surface area contributed by atoms with Gasteiger partial charge in [-0.15, -0.1) is 0 Å². The smallest absolute Gasteiger partial charge is 0.319 e. The first-order chi connectivity index (χ1) is 7.34. The van der Waals surface area contributed by atoms with Crippen molar-refractivity contribution in [3.8, 4) is 0 Å². The molecule has 4 nitrogen and oxygen atoms in total. The van der Waals surface area contributed by atoms with Crippen LogP contribution in [0, 0.1) is 0 Å². The van der Waals surface area contributed by atoms with Crippen LogP contribution in [0.15, 0.2) is 24.3 Å². The number of hydrogen-bond donors (Lipinski definition) is 3. The van der Waals surface area contributed by atoms with E-state index >= 15 is 0 Å². The SMILES string of the molecule is O=C1NCC2NC=c3ccccc3=C2N1. The van der Waals surface area contributed by atoms with Crippen LogP contribution in [0.1, 0.15) is 0 Å². The first kappa shape index (κ1) is 8.35. The van der Waals surface area contributed by atoms with Gasteiger partial charge in [-0.25, -0.2) is 4.79 Å². The Kier molecular flexibility index (Phi) is 1.68. The van der Waals surface area contributed by atoms with E-state index in [4.69, 9.17) is 0 Å². The third-order valence-electron chi connectivity index (χ3n) is 2.75. The summed E-state index contributed by atoms with van der Waals surface area (Å²) in [5.74, 6) is 0. The lowest BCUT2D eigenvalue weighted by atomic mass is 10.1. The zero-order chi connectivity index (χ0) is 10.3. The highest BCUT2D eigenvalue weighted by Gasteiger charge is 2.23. The van der Waals surface area contributed by atoms with Gasteiger partial charge in [0.05, 0.1) is 11.7 Å². The van der Waals surface area contributed by atoms with E-state index in [1.54, 1.807) is 0 Å². The number of hydrogen-bond acceptors (Lipinski definition) is 2. The molecule has 1 aromatic rings. The molecule has 1 fully saturated rings. The van der Waals surface area contributed by atoms with Gasteiger partial charge in [0.25, 0.3) is 0 Å². The summed E-state index contributed by atoms with van der Waals surface area (Å²) in [6.07, 6.45) is 1.99. The van der Waals surface area contributed by atoms with Crippen LogP contribution in [0.25, 0.3) is 11.9 Å². The predicted octanol–water partition coefficient (Wildman–Crippen LogP) is -1.18. The first-order valence-electron chi connectivity index (χ1n) is 4.95. The number of rotatable bonds is 0. The normalized spacial score (nSPS) is 22.5. The Balaban J connectivity index is 2.26. The van der Waals surface area contributed by atoms with E-state index < -0.39 is 0 Å². The molecule has 2 aliphatic rings. The van der Waals surface area contributed by atoms with Crippen LogP contribution in [0.3, 0.4) is 0 Å². The highest BCUT2D eigenvalue weighted by molar-refractivity contribution is 5.85. The molecule has 15 heavy (non-hydrogen) atoms. The van der Waals surface area contributed by atoms with Crippen LogP contribution in [-0.2, 0) is 0 Å². The number of amides is 2. The van der Waals surface area contributed by atoms with Crippen LogP contribution >= 0.6 is 0 Å². The van der Waals surface area contributed by atoms with E-state index in [9.17, 15) is 4.79 Å². The fourth-order valence-corrected chi connectivity index (χ4v) is 2.01. The van der Waals surface area contributed by atoms with Crippen molar-refractivity contribution in [3.63, 3.8) is 0 Å². The molecule has 1 saturated heterocycles. The van der Waals surface area contributed by atoms with Gasteiger partial charge in [0.2, 0.25) is 0 Å². The molecule has 0 saturated carbocycles. The maximum Gasteiger partial charge on any atom is 0.319 e. The second kappa shape index (κ2) is 3.02. The van der Waals surface area contributed by atoms with Gasteiger partial charge >= 0.3 is 6.03 Å². The number of benzene rings is 1. The minimum atomic E-state index is -0.125. The van der Waals surface area contributed by atoms with Crippen molar-refractivity contribution in [2.24, 2.45) is 0 Å².